The maximum atomic E-state index is 14.0. The molecule has 3 heterocycles. The zero-order chi connectivity index (χ0) is 24.7. The predicted octanol–water partition coefficient (Wildman–Crippen LogP) is -0.123. The first-order valence-electron chi connectivity index (χ1n) is 10.8. The molecule has 1 amide bonds. The fraction of sp³-hybridized carbons (Fsp3) is 0.476. The van der Waals surface area contributed by atoms with Crippen molar-refractivity contribution in [3.05, 3.63) is 51.5 Å². The van der Waals surface area contributed by atoms with Crippen LogP contribution in [-0.4, -0.2) is 66.1 Å². The number of sulfonamides is 1. The summed E-state index contributed by atoms with van der Waals surface area (Å²) in [4.78, 5) is 29.4. The maximum absolute atomic E-state index is 14.0. The summed E-state index contributed by atoms with van der Waals surface area (Å²) in [5.74, 6) is -2.23. The number of aromatic nitrogens is 2. The summed E-state index contributed by atoms with van der Waals surface area (Å²) in [6, 6.07) is 3.29. The van der Waals surface area contributed by atoms with E-state index in [9.17, 15) is 27.5 Å². The molecule has 1 aromatic carbocycles. The van der Waals surface area contributed by atoms with E-state index in [1.807, 2.05) is 0 Å². The van der Waals surface area contributed by atoms with Crippen molar-refractivity contribution < 1.29 is 27.4 Å². The molecule has 0 atom stereocenters. The Morgan fingerprint density at radius 1 is 1.29 bits per heavy atom. The molecule has 0 bridgehead atoms. The van der Waals surface area contributed by atoms with Crippen molar-refractivity contribution in [1.82, 2.24) is 24.5 Å². The van der Waals surface area contributed by atoms with Gasteiger partial charge < -0.3 is 20.5 Å². The van der Waals surface area contributed by atoms with Crippen molar-refractivity contribution in [3.63, 3.8) is 0 Å². The third-order valence-corrected chi connectivity index (χ3v) is 7.82. The van der Waals surface area contributed by atoms with Crippen LogP contribution in [0.15, 0.2) is 27.9 Å². The van der Waals surface area contributed by atoms with E-state index < -0.39 is 44.4 Å². The monoisotopic (exact) mass is 495 g/mol. The van der Waals surface area contributed by atoms with Gasteiger partial charge >= 0.3 is 0 Å². The Bertz CT molecular complexity index is 1290. The number of carbonyl (C=O) groups excluding carboxylic acids is 1. The van der Waals surface area contributed by atoms with Crippen LogP contribution in [-0.2, 0) is 33.5 Å². The maximum Gasteiger partial charge on any atom is 0.296 e. The van der Waals surface area contributed by atoms with Gasteiger partial charge in [0.25, 0.3) is 11.5 Å². The smallest absolute Gasteiger partial charge is 0.296 e. The second kappa shape index (κ2) is 9.06. The van der Waals surface area contributed by atoms with Crippen LogP contribution >= 0.6 is 0 Å². The van der Waals surface area contributed by atoms with Gasteiger partial charge in [-0.05, 0) is 31.5 Å². The Morgan fingerprint density at radius 3 is 2.71 bits per heavy atom. The number of hydrogen-bond acceptors (Lipinski definition) is 8. The summed E-state index contributed by atoms with van der Waals surface area (Å²) in [6.07, 6.45) is 0. The first-order chi connectivity index (χ1) is 16.0. The van der Waals surface area contributed by atoms with Gasteiger partial charge in [0.1, 0.15) is 17.2 Å². The Kier molecular flexibility index (Phi) is 6.46. The number of aromatic hydroxyl groups is 1. The standard InChI is InChI=1S/C21H26FN5O6S/c1-21(2)20-25-16(17(28)19(30)27(20)9-10-33-21)18(29)24-12-13-3-4-14(22)11-15(13)34(31,32)26-7-5-23-6-8-26/h3-4,11,23,28H,5-10,12H2,1-2H3,(H,24,29). The highest BCUT2D eigenvalue weighted by Gasteiger charge is 2.34. The average molecular weight is 496 g/mol. The average Bonchev–Trinajstić information content (AvgIpc) is 2.81. The minimum absolute atomic E-state index is 0.158. The van der Waals surface area contributed by atoms with Crippen LogP contribution in [0.5, 0.6) is 5.75 Å². The van der Waals surface area contributed by atoms with E-state index in [0.717, 1.165) is 12.1 Å². The Hall–Kier alpha value is -2.87. The largest absolute Gasteiger partial charge is 0.501 e. The third kappa shape index (κ3) is 4.43. The first-order valence-corrected chi connectivity index (χ1v) is 12.2. The van der Waals surface area contributed by atoms with Gasteiger partial charge in [-0.25, -0.2) is 17.8 Å². The number of benzene rings is 1. The van der Waals surface area contributed by atoms with E-state index in [-0.39, 0.29) is 49.1 Å². The van der Waals surface area contributed by atoms with Gasteiger partial charge in [-0.2, -0.15) is 4.31 Å². The highest BCUT2D eigenvalue weighted by Crippen LogP contribution is 2.27. The highest BCUT2D eigenvalue weighted by atomic mass is 32.2. The van der Waals surface area contributed by atoms with Crippen LogP contribution < -0.4 is 16.2 Å². The minimum Gasteiger partial charge on any atom is -0.501 e. The van der Waals surface area contributed by atoms with Gasteiger partial charge in [0.15, 0.2) is 5.69 Å². The molecule has 1 saturated heterocycles. The van der Waals surface area contributed by atoms with Crippen molar-refractivity contribution >= 4 is 15.9 Å². The molecule has 1 aromatic heterocycles. The molecule has 34 heavy (non-hydrogen) atoms. The van der Waals surface area contributed by atoms with E-state index >= 15 is 0 Å². The molecule has 0 spiro atoms. The lowest BCUT2D eigenvalue weighted by Gasteiger charge is -2.32. The van der Waals surface area contributed by atoms with Gasteiger partial charge in [-0.15, -0.1) is 0 Å². The Morgan fingerprint density at radius 2 is 2.00 bits per heavy atom. The summed E-state index contributed by atoms with van der Waals surface area (Å²) >= 11 is 0. The SMILES string of the molecule is CC1(C)OCCn2c1nc(C(=O)NCc1ccc(F)cc1S(=O)(=O)N1CCNCC1)c(O)c2=O. The van der Waals surface area contributed by atoms with Crippen molar-refractivity contribution in [3.8, 4) is 5.75 Å². The van der Waals surface area contributed by atoms with Crippen LogP contribution in [0.25, 0.3) is 0 Å². The highest BCUT2D eigenvalue weighted by molar-refractivity contribution is 7.89. The second-order valence-corrected chi connectivity index (χ2v) is 10.4. The molecular weight excluding hydrogens is 469 g/mol. The van der Waals surface area contributed by atoms with E-state index in [1.165, 1.54) is 14.9 Å². The Labute approximate surface area is 195 Å². The number of nitrogens with zero attached hydrogens (tertiary/aromatic N) is 3. The first kappa shape index (κ1) is 24.3. The molecule has 13 heteroatoms. The normalized spacial score (nSPS) is 18.3. The van der Waals surface area contributed by atoms with Gasteiger partial charge in [0, 0.05) is 32.7 Å². The number of amides is 1. The van der Waals surface area contributed by atoms with E-state index in [1.54, 1.807) is 13.8 Å². The van der Waals surface area contributed by atoms with Crippen LogP contribution in [0.1, 0.15) is 35.7 Å². The van der Waals surface area contributed by atoms with Crippen molar-refractivity contribution in [2.45, 2.75) is 37.4 Å². The van der Waals surface area contributed by atoms with Gasteiger partial charge in [-0.1, -0.05) is 6.07 Å². The third-order valence-electron chi connectivity index (χ3n) is 5.84. The number of piperazine rings is 1. The van der Waals surface area contributed by atoms with Crippen LogP contribution in [0, 0.1) is 5.82 Å². The lowest BCUT2D eigenvalue weighted by molar-refractivity contribution is -0.0566. The van der Waals surface area contributed by atoms with Crippen molar-refractivity contribution in [2.75, 3.05) is 32.8 Å². The molecule has 2 aliphatic heterocycles. The summed E-state index contributed by atoms with van der Waals surface area (Å²) in [5, 5.41) is 15.9. The van der Waals surface area contributed by atoms with E-state index in [0.29, 0.717) is 13.1 Å². The number of ether oxygens (including phenoxy) is 1. The molecule has 1 fully saturated rings. The zero-order valence-electron chi connectivity index (χ0n) is 18.8. The van der Waals surface area contributed by atoms with E-state index in [4.69, 9.17) is 4.74 Å². The lowest BCUT2D eigenvalue weighted by Crippen LogP contribution is -2.46. The summed E-state index contributed by atoms with van der Waals surface area (Å²) < 4.78 is 48.3. The van der Waals surface area contributed by atoms with Crippen molar-refractivity contribution in [2.24, 2.45) is 0 Å². The topological polar surface area (TPSA) is 143 Å². The summed E-state index contributed by atoms with van der Waals surface area (Å²) in [5.41, 5.74) is -2.06. The molecule has 4 rings (SSSR count). The Balaban J connectivity index is 1.62. The lowest BCUT2D eigenvalue weighted by atomic mass is 10.1. The quantitative estimate of drug-likeness (QED) is 0.521. The fourth-order valence-electron chi connectivity index (χ4n) is 4.02. The van der Waals surface area contributed by atoms with Crippen LogP contribution in [0.2, 0.25) is 0 Å². The number of nitrogens with one attached hydrogen (secondary N) is 2. The molecule has 0 aliphatic carbocycles. The van der Waals surface area contributed by atoms with Gasteiger partial charge in [0.05, 0.1) is 18.0 Å². The number of halogens is 1. The molecule has 184 valence electrons. The molecular formula is C21H26FN5O6S. The predicted molar refractivity (Wildman–Crippen MR) is 118 cm³/mol. The molecule has 2 aliphatic rings. The summed E-state index contributed by atoms with van der Waals surface area (Å²) in [6.45, 7) is 4.94. The van der Waals surface area contributed by atoms with Crippen molar-refractivity contribution in [1.29, 1.82) is 0 Å². The summed E-state index contributed by atoms with van der Waals surface area (Å²) in [7, 11) is -4.00. The van der Waals surface area contributed by atoms with Gasteiger partial charge in [0.2, 0.25) is 15.8 Å². The van der Waals surface area contributed by atoms with Crippen LogP contribution in [0.3, 0.4) is 0 Å². The number of carbonyl (C=O) groups is 1. The number of rotatable bonds is 5. The van der Waals surface area contributed by atoms with E-state index in [2.05, 4.69) is 15.6 Å². The molecule has 2 aromatic rings. The molecule has 0 radical (unpaired) electrons. The molecule has 0 unspecified atom stereocenters. The number of hydrogen-bond donors (Lipinski definition) is 3. The zero-order valence-corrected chi connectivity index (χ0v) is 19.6. The fourth-order valence-corrected chi connectivity index (χ4v) is 5.70. The number of fused-ring (bicyclic) bond motifs is 1. The van der Waals surface area contributed by atoms with Gasteiger partial charge in [-0.3, -0.25) is 14.2 Å². The molecule has 11 nitrogen and oxygen atoms in total. The van der Waals surface area contributed by atoms with Crippen LogP contribution in [0.4, 0.5) is 4.39 Å². The minimum atomic E-state index is -4.00. The molecule has 3 N–H and O–H groups in total. The second-order valence-electron chi connectivity index (χ2n) is 8.54. The molecule has 0 saturated carbocycles.